The van der Waals surface area contributed by atoms with E-state index in [2.05, 4.69) is 29.7 Å². The van der Waals surface area contributed by atoms with Gasteiger partial charge in [-0.25, -0.2) is 0 Å². The lowest BCUT2D eigenvalue weighted by atomic mass is 9.89. The van der Waals surface area contributed by atoms with Crippen molar-refractivity contribution in [3.05, 3.63) is 35.4 Å². The first-order chi connectivity index (χ1) is 5.90. The maximum absolute atomic E-state index is 5.41. The molecule has 0 saturated heterocycles. The van der Waals surface area contributed by atoms with Crippen molar-refractivity contribution in [1.29, 1.82) is 0 Å². The zero-order chi connectivity index (χ0) is 8.39. The van der Waals surface area contributed by atoms with Gasteiger partial charge in [0.1, 0.15) is 0 Å². The highest BCUT2D eigenvalue weighted by Crippen LogP contribution is 2.20. The predicted octanol–water partition coefficient (Wildman–Crippen LogP) is 1.01. The number of nitrogens with one attached hydrogen (secondary N) is 1. The normalized spacial score (nSPS) is 21.9. The van der Waals surface area contributed by atoms with Crippen molar-refractivity contribution in [2.24, 2.45) is 5.84 Å². The fourth-order valence-electron chi connectivity index (χ4n) is 1.84. The van der Waals surface area contributed by atoms with E-state index in [1.807, 2.05) is 0 Å². The van der Waals surface area contributed by atoms with Crippen molar-refractivity contribution in [2.45, 2.75) is 25.3 Å². The van der Waals surface area contributed by atoms with Gasteiger partial charge >= 0.3 is 0 Å². The van der Waals surface area contributed by atoms with Crippen LogP contribution in [-0.2, 0) is 12.8 Å². The molecule has 12 heavy (non-hydrogen) atoms. The van der Waals surface area contributed by atoms with Crippen molar-refractivity contribution in [2.75, 3.05) is 0 Å². The molecule has 0 bridgehead atoms. The third kappa shape index (κ3) is 1.36. The molecule has 1 aliphatic carbocycles. The van der Waals surface area contributed by atoms with Crippen LogP contribution in [0.1, 0.15) is 17.5 Å². The summed E-state index contributed by atoms with van der Waals surface area (Å²) in [4.78, 5) is 0. The molecular formula is C10H14N2. The van der Waals surface area contributed by atoms with Crippen LogP contribution in [0.2, 0.25) is 0 Å². The summed E-state index contributed by atoms with van der Waals surface area (Å²) in [7, 11) is 0. The van der Waals surface area contributed by atoms with Gasteiger partial charge in [-0.05, 0) is 30.4 Å². The lowest BCUT2D eigenvalue weighted by molar-refractivity contribution is 0.470. The summed E-state index contributed by atoms with van der Waals surface area (Å²) in [5, 5.41) is 0. The number of nitrogens with two attached hydrogens (primary N) is 1. The smallest absolute Gasteiger partial charge is 0.0254 e. The van der Waals surface area contributed by atoms with Gasteiger partial charge in [0.05, 0.1) is 0 Å². The largest absolute Gasteiger partial charge is 0.271 e. The van der Waals surface area contributed by atoms with E-state index >= 15 is 0 Å². The summed E-state index contributed by atoms with van der Waals surface area (Å²) in [6.45, 7) is 0. The summed E-state index contributed by atoms with van der Waals surface area (Å²) in [5.74, 6) is 5.41. The van der Waals surface area contributed by atoms with Crippen LogP contribution in [0.25, 0.3) is 0 Å². The molecule has 0 amide bonds. The highest BCUT2D eigenvalue weighted by atomic mass is 15.2. The van der Waals surface area contributed by atoms with E-state index in [9.17, 15) is 0 Å². The van der Waals surface area contributed by atoms with Crippen LogP contribution in [0, 0.1) is 0 Å². The summed E-state index contributed by atoms with van der Waals surface area (Å²) < 4.78 is 0. The topological polar surface area (TPSA) is 38.0 Å². The Morgan fingerprint density at radius 1 is 1.25 bits per heavy atom. The van der Waals surface area contributed by atoms with E-state index in [-0.39, 0.29) is 0 Å². The van der Waals surface area contributed by atoms with E-state index in [4.69, 9.17) is 5.84 Å². The van der Waals surface area contributed by atoms with Gasteiger partial charge in [0.15, 0.2) is 0 Å². The minimum absolute atomic E-state index is 0.472. The Bertz CT molecular complexity index is 270. The van der Waals surface area contributed by atoms with E-state index in [0.717, 1.165) is 19.3 Å². The van der Waals surface area contributed by atoms with Gasteiger partial charge in [0.25, 0.3) is 0 Å². The van der Waals surface area contributed by atoms with Crippen molar-refractivity contribution in [3.8, 4) is 0 Å². The minimum Gasteiger partial charge on any atom is -0.271 e. The molecule has 0 aliphatic heterocycles. The summed E-state index contributed by atoms with van der Waals surface area (Å²) >= 11 is 0. The average Bonchev–Trinajstić information content (AvgIpc) is 2.17. The fourth-order valence-corrected chi connectivity index (χ4v) is 1.84. The summed E-state index contributed by atoms with van der Waals surface area (Å²) in [6.07, 6.45) is 3.39. The van der Waals surface area contributed by atoms with Crippen LogP contribution >= 0.6 is 0 Å². The highest BCUT2D eigenvalue weighted by Gasteiger charge is 2.15. The van der Waals surface area contributed by atoms with Crippen LogP contribution in [0.4, 0.5) is 0 Å². The second kappa shape index (κ2) is 3.25. The number of aryl methyl sites for hydroxylation is 1. The fraction of sp³-hybridized carbons (Fsp3) is 0.400. The molecular weight excluding hydrogens is 148 g/mol. The number of hydrogen-bond donors (Lipinski definition) is 2. The van der Waals surface area contributed by atoms with Gasteiger partial charge in [-0.1, -0.05) is 24.3 Å². The standard InChI is InChI=1S/C10H14N2/c11-12-10-6-5-8-3-1-2-4-9(8)7-10/h1-4,10,12H,5-7,11H2/t10-/m0/s1. The Balaban J connectivity index is 2.23. The molecule has 1 aromatic rings. The van der Waals surface area contributed by atoms with Gasteiger partial charge in [-0.2, -0.15) is 0 Å². The van der Waals surface area contributed by atoms with E-state index in [1.54, 1.807) is 0 Å². The SMILES string of the molecule is NN[C@H]1CCc2ccccc2C1. The molecule has 2 nitrogen and oxygen atoms in total. The Morgan fingerprint density at radius 2 is 2.00 bits per heavy atom. The second-order valence-corrected chi connectivity index (χ2v) is 3.38. The molecule has 1 aromatic carbocycles. The van der Waals surface area contributed by atoms with Crippen molar-refractivity contribution >= 4 is 0 Å². The number of hydrazine groups is 1. The Hall–Kier alpha value is -0.860. The number of fused-ring (bicyclic) bond motifs is 1. The molecule has 0 aromatic heterocycles. The Labute approximate surface area is 72.7 Å². The molecule has 0 saturated carbocycles. The molecule has 2 heteroatoms. The first-order valence-electron chi connectivity index (χ1n) is 4.43. The molecule has 0 unspecified atom stereocenters. The Morgan fingerprint density at radius 3 is 2.75 bits per heavy atom. The molecule has 2 rings (SSSR count). The van der Waals surface area contributed by atoms with Crippen LogP contribution in [0.3, 0.4) is 0 Å². The molecule has 3 N–H and O–H groups in total. The van der Waals surface area contributed by atoms with Gasteiger partial charge in [0.2, 0.25) is 0 Å². The van der Waals surface area contributed by atoms with Crippen LogP contribution in [-0.4, -0.2) is 6.04 Å². The maximum atomic E-state index is 5.41. The molecule has 0 heterocycles. The number of rotatable bonds is 1. The zero-order valence-corrected chi connectivity index (χ0v) is 7.09. The molecule has 1 aliphatic rings. The average molecular weight is 162 g/mol. The van der Waals surface area contributed by atoms with Crippen LogP contribution in [0.5, 0.6) is 0 Å². The quantitative estimate of drug-likeness (QED) is 0.477. The van der Waals surface area contributed by atoms with Crippen molar-refractivity contribution in [1.82, 2.24) is 5.43 Å². The molecule has 0 fully saturated rings. The van der Waals surface area contributed by atoms with Gasteiger partial charge in [-0.15, -0.1) is 0 Å². The lowest BCUT2D eigenvalue weighted by Gasteiger charge is -2.23. The van der Waals surface area contributed by atoms with E-state index < -0.39 is 0 Å². The number of hydrogen-bond acceptors (Lipinski definition) is 2. The van der Waals surface area contributed by atoms with Crippen molar-refractivity contribution < 1.29 is 0 Å². The summed E-state index contributed by atoms with van der Waals surface area (Å²) in [5.41, 5.74) is 5.79. The highest BCUT2D eigenvalue weighted by molar-refractivity contribution is 5.30. The Kier molecular flexibility index (Phi) is 2.11. The lowest BCUT2D eigenvalue weighted by Crippen LogP contribution is -2.39. The predicted molar refractivity (Wildman–Crippen MR) is 49.6 cm³/mol. The first kappa shape index (κ1) is 7.77. The number of benzene rings is 1. The summed E-state index contributed by atoms with van der Waals surface area (Å²) in [6, 6.07) is 9.08. The van der Waals surface area contributed by atoms with Gasteiger partial charge < -0.3 is 0 Å². The molecule has 64 valence electrons. The van der Waals surface area contributed by atoms with Gasteiger partial charge in [0, 0.05) is 6.04 Å². The zero-order valence-electron chi connectivity index (χ0n) is 7.09. The minimum atomic E-state index is 0.472. The molecule has 0 radical (unpaired) electrons. The third-order valence-corrected chi connectivity index (χ3v) is 2.58. The maximum Gasteiger partial charge on any atom is 0.0254 e. The second-order valence-electron chi connectivity index (χ2n) is 3.38. The van der Waals surface area contributed by atoms with Crippen LogP contribution in [0.15, 0.2) is 24.3 Å². The van der Waals surface area contributed by atoms with E-state index in [0.29, 0.717) is 6.04 Å². The first-order valence-corrected chi connectivity index (χ1v) is 4.43. The third-order valence-electron chi connectivity index (χ3n) is 2.58. The molecule has 0 spiro atoms. The molecule has 1 atom stereocenters. The van der Waals surface area contributed by atoms with E-state index in [1.165, 1.54) is 11.1 Å². The van der Waals surface area contributed by atoms with Crippen molar-refractivity contribution in [3.63, 3.8) is 0 Å². The van der Waals surface area contributed by atoms with Crippen LogP contribution < -0.4 is 11.3 Å². The van der Waals surface area contributed by atoms with Gasteiger partial charge in [-0.3, -0.25) is 11.3 Å². The monoisotopic (exact) mass is 162 g/mol.